The van der Waals surface area contributed by atoms with E-state index in [9.17, 15) is 9.59 Å². The number of rotatable bonds is 2. The van der Waals surface area contributed by atoms with Crippen molar-refractivity contribution in [3.63, 3.8) is 0 Å². The lowest BCUT2D eigenvalue weighted by atomic mass is 9.84. The van der Waals surface area contributed by atoms with Crippen LogP contribution in [0.25, 0.3) is 0 Å². The minimum Gasteiger partial charge on any atom is -0.480 e. The van der Waals surface area contributed by atoms with E-state index in [0.29, 0.717) is 0 Å². The highest BCUT2D eigenvalue weighted by Gasteiger charge is 2.43. The van der Waals surface area contributed by atoms with Gasteiger partial charge in [-0.1, -0.05) is 36.7 Å². The second kappa shape index (κ2) is 3.17. The molecule has 70 valence electrons. The van der Waals surface area contributed by atoms with Crippen LogP contribution in [0.3, 0.4) is 0 Å². The molecule has 0 aromatic rings. The zero-order chi connectivity index (χ0) is 10.2. The largest absolute Gasteiger partial charge is 0.480 e. The van der Waals surface area contributed by atoms with Crippen LogP contribution in [-0.2, 0) is 9.59 Å². The smallest absolute Gasteiger partial charge is 0.327 e. The first-order valence-electron chi connectivity index (χ1n) is 3.57. The zero-order valence-electron chi connectivity index (χ0n) is 7.64. The summed E-state index contributed by atoms with van der Waals surface area (Å²) < 4.78 is -1.47. The van der Waals surface area contributed by atoms with Crippen molar-refractivity contribution in [2.75, 3.05) is 0 Å². The Kier molecular flexibility index (Phi) is 3.07. The van der Waals surface area contributed by atoms with Crippen LogP contribution in [0.2, 0.25) is 0 Å². The van der Waals surface area contributed by atoms with Gasteiger partial charge in [0.1, 0.15) is 0 Å². The molecule has 12 heavy (non-hydrogen) atoms. The van der Waals surface area contributed by atoms with E-state index in [-0.39, 0.29) is 5.78 Å². The predicted molar refractivity (Wildman–Crippen MR) is 49.4 cm³/mol. The molecule has 1 atom stereocenters. The molecule has 0 saturated carbocycles. The molecule has 0 saturated heterocycles. The van der Waals surface area contributed by atoms with Gasteiger partial charge in [-0.3, -0.25) is 9.59 Å². The summed E-state index contributed by atoms with van der Waals surface area (Å²) in [7, 11) is 0. The highest BCUT2D eigenvalue weighted by molar-refractivity contribution is 9.10. The summed E-state index contributed by atoms with van der Waals surface area (Å²) in [5.41, 5.74) is -0.642. The highest BCUT2D eigenvalue weighted by Crippen LogP contribution is 2.29. The molecule has 0 bridgehead atoms. The van der Waals surface area contributed by atoms with Crippen LogP contribution in [0.4, 0.5) is 0 Å². The molecule has 0 amide bonds. The maximum atomic E-state index is 11.5. The van der Waals surface area contributed by atoms with Crippen LogP contribution in [0.15, 0.2) is 0 Å². The maximum absolute atomic E-state index is 11.5. The fraction of sp³-hybridized carbons (Fsp3) is 0.750. The van der Waals surface area contributed by atoms with Crippen LogP contribution in [0, 0.1) is 5.41 Å². The summed E-state index contributed by atoms with van der Waals surface area (Å²) >= 11 is 2.90. The average Bonchev–Trinajstić information content (AvgIpc) is 1.83. The molecule has 0 spiro atoms. The SMILES string of the molecule is CC(C)(C)C(=O)C(C)(Br)C(=O)O. The first kappa shape index (κ1) is 11.6. The van der Waals surface area contributed by atoms with Gasteiger partial charge >= 0.3 is 5.97 Å². The summed E-state index contributed by atoms with van der Waals surface area (Å²) in [5, 5.41) is 8.71. The zero-order valence-corrected chi connectivity index (χ0v) is 9.23. The lowest BCUT2D eigenvalue weighted by Crippen LogP contribution is -2.44. The average molecular weight is 237 g/mol. The second-order valence-corrected chi connectivity index (χ2v) is 5.47. The van der Waals surface area contributed by atoms with Crippen molar-refractivity contribution in [3.8, 4) is 0 Å². The Hall–Kier alpha value is -0.380. The number of carboxylic acid groups (broad SMARTS) is 1. The molecule has 0 heterocycles. The number of hydrogen-bond donors (Lipinski definition) is 1. The Morgan fingerprint density at radius 3 is 1.58 bits per heavy atom. The van der Waals surface area contributed by atoms with Crippen molar-refractivity contribution in [2.24, 2.45) is 5.41 Å². The number of carbonyl (C=O) groups is 2. The monoisotopic (exact) mass is 236 g/mol. The summed E-state index contributed by atoms with van der Waals surface area (Å²) in [6.45, 7) is 6.43. The lowest BCUT2D eigenvalue weighted by molar-refractivity contribution is -0.145. The van der Waals surface area contributed by atoms with E-state index in [2.05, 4.69) is 15.9 Å². The van der Waals surface area contributed by atoms with Gasteiger partial charge in [0.15, 0.2) is 10.1 Å². The number of halogens is 1. The van der Waals surface area contributed by atoms with E-state index >= 15 is 0 Å². The summed E-state index contributed by atoms with van der Waals surface area (Å²) in [6.07, 6.45) is 0. The highest BCUT2D eigenvalue weighted by atomic mass is 79.9. The van der Waals surface area contributed by atoms with Crippen molar-refractivity contribution >= 4 is 27.7 Å². The van der Waals surface area contributed by atoms with E-state index in [0.717, 1.165) is 0 Å². The van der Waals surface area contributed by atoms with E-state index in [4.69, 9.17) is 5.11 Å². The van der Waals surface area contributed by atoms with Gasteiger partial charge in [0, 0.05) is 5.41 Å². The standard InChI is InChI=1S/C8H13BrO3/c1-7(2,3)5(10)8(4,9)6(11)12/h1-4H3,(H,11,12). The Morgan fingerprint density at radius 1 is 1.17 bits per heavy atom. The van der Waals surface area contributed by atoms with E-state index in [1.165, 1.54) is 6.92 Å². The number of alkyl halides is 1. The molecule has 0 aromatic carbocycles. The third-order valence-electron chi connectivity index (χ3n) is 1.51. The van der Waals surface area contributed by atoms with Gasteiger partial charge in [0.2, 0.25) is 0 Å². The molecule has 0 aromatic heterocycles. The summed E-state index contributed by atoms with van der Waals surface area (Å²) in [6, 6.07) is 0. The Bertz CT molecular complexity index is 213. The van der Waals surface area contributed by atoms with E-state index in [1.807, 2.05) is 0 Å². The van der Waals surface area contributed by atoms with Crippen LogP contribution in [0.5, 0.6) is 0 Å². The number of aliphatic carboxylic acids is 1. The fourth-order valence-electron chi connectivity index (χ4n) is 0.801. The molecule has 0 aliphatic heterocycles. The Balaban J connectivity index is 4.83. The minimum atomic E-state index is -1.47. The van der Waals surface area contributed by atoms with Gasteiger partial charge in [-0.15, -0.1) is 0 Å². The molecular weight excluding hydrogens is 224 g/mol. The Labute approximate surface area is 80.3 Å². The summed E-state index contributed by atoms with van der Waals surface area (Å²) in [4.78, 5) is 22.1. The molecule has 0 radical (unpaired) electrons. The fourth-order valence-corrected chi connectivity index (χ4v) is 1.40. The number of ketones is 1. The first-order chi connectivity index (χ1) is 5.10. The molecule has 1 unspecified atom stereocenters. The predicted octanol–water partition coefficient (Wildman–Crippen LogP) is 1.84. The van der Waals surface area contributed by atoms with Crippen LogP contribution < -0.4 is 0 Å². The third-order valence-corrected chi connectivity index (χ3v) is 2.21. The molecular formula is C8H13BrO3. The van der Waals surface area contributed by atoms with Gasteiger partial charge in [-0.05, 0) is 6.92 Å². The van der Waals surface area contributed by atoms with Gasteiger partial charge < -0.3 is 5.11 Å². The summed E-state index contributed by atoms with van der Waals surface area (Å²) in [5.74, 6) is -1.48. The molecule has 3 nitrogen and oxygen atoms in total. The Morgan fingerprint density at radius 2 is 1.50 bits per heavy atom. The number of carboxylic acids is 1. The molecule has 4 heteroatoms. The number of Topliss-reactive ketones (excluding diaryl/α,β-unsaturated/α-hetero) is 1. The molecule has 0 fully saturated rings. The quantitative estimate of drug-likeness (QED) is 0.588. The van der Waals surface area contributed by atoms with Crippen LogP contribution in [-0.4, -0.2) is 21.2 Å². The van der Waals surface area contributed by atoms with Gasteiger partial charge in [0.05, 0.1) is 0 Å². The maximum Gasteiger partial charge on any atom is 0.327 e. The lowest BCUT2D eigenvalue weighted by Gasteiger charge is -2.25. The first-order valence-corrected chi connectivity index (χ1v) is 4.36. The molecule has 0 aliphatic carbocycles. The molecule has 0 aliphatic rings. The van der Waals surface area contributed by atoms with Gasteiger partial charge in [-0.25, -0.2) is 0 Å². The van der Waals surface area contributed by atoms with E-state index in [1.54, 1.807) is 20.8 Å². The van der Waals surface area contributed by atoms with Gasteiger partial charge in [0.25, 0.3) is 0 Å². The van der Waals surface area contributed by atoms with Crippen molar-refractivity contribution < 1.29 is 14.7 Å². The van der Waals surface area contributed by atoms with Crippen LogP contribution in [0.1, 0.15) is 27.7 Å². The molecule has 1 N–H and O–H groups in total. The van der Waals surface area contributed by atoms with E-state index < -0.39 is 15.7 Å². The van der Waals surface area contributed by atoms with Crippen molar-refractivity contribution in [3.05, 3.63) is 0 Å². The second-order valence-electron chi connectivity index (χ2n) is 3.89. The number of carbonyl (C=O) groups excluding carboxylic acids is 1. The molecule has 0 rings (SSSR count). The van der Waals surface area contributed by atoms with Gasteiger partial charge in [-0.2, -0.15) is 0 Å². The normalized spacial score (nSPS) is 16.8. The topological polar surface area (TPSA) is 54.4 Å². The van der Waals surface area contributed by atoms with Crippen molar-refractivity contribution in [2.45, 2.75) is 32.0 Å². The third kappa shape index (κ3) is 2.30. The van der Waals surface area contributed by atoms with Crippen LogP contribution >= 0.6 is 15.9 Å². The van der Waals surface area contributed by atoms with Crippen molar-refractivity contribution in [1.29, 1.82) is 0 Å². The number of hydrogen-bond acceptors (Lipinski definition) is 2. The minimum absolute atomic E-state index is 0.331. The van der Waals surface area contributed by atoms with Crippen molar-refractivity contribution in [1.82, 2.24) is 0 Å².